The minimum Gasteiger partial charge on any atom is -0.366 e. The average molecular weight is 615 g/mol. The van der Waals surface area contributed by atoms with Gasteiger partial charge in [0.25, 0.3) is 0 Å². The molecule has 228 valence electrons. The second kappa shape index (κ2) is 11.3. The normalized spacial score (nSPS) is 17.8. The van der Waals surface area contributed by atoms with E-state index in [4.69, 9.17) is 15.1 Å². The molecule has 0 unspecified atom stereocenters. The number of thiazole rings is 1. The molecule has 3 fully saturated rings. The first-order valence-electron chi connectivity index (χ1n) is 15.1. The Morgan fingerprint density at radius 1 is 1.02 bits per heavy atom. The molecule has 2 saturated heterocycles. The van der Waals surface area contributed by atoms with Crippen molar-refractivity contribution in [2.45, 2.75) is 25.8 Å². The molecule has 11 nitrogen and oxygen atoms in total. The van der Waals surface area contributed by atoms with Gasteiger partial charge in [-0.05, 0) is 57.1 Å². The molecular weight excluding hydrogens is 579 g/mol. The number of fused-ring (bicyclic) bond motifs is 1. The van der Waals surface area contributed by atoms with Crippen molar-refractivity contribution < 1.29 is 9.18 Å². The number of aromatic nitrogens is 4. The number of halogens is 1. The van der Waals surface area contributed by atoms with Crippen molar-refractivity contribution in [2.75, 3.05) is 76.3 Å². The molecule has 0 spiro atoms. The number of hydrogen-bond donors (Lipinski definition) is 0. The highest BCUT2D eigenvalue weighted by atomic mass is 32.1. The zero-order valence-corrected chi connectivity index (χ0v) is 26.0. The third-order valence-corrected chi connectivity index (χ3v) is 9.86. The molecule has 1 saturated carbocycles. The summed E-state index contributed by atoms with van der Waals surface area (Å²) in [6, 6.07) is 10.9. The highest BCUT2D eigenvalue weighted by Crippen LogP contribution is 2.44. The Kier molecular flexibility index (Phi) is 7.34. The second-order valence-corrected chi connectivity index (χ2v) is 12.8. The van der Waals surface area contributed by atoms with Crippen LogP contribution in [-0.4, -0.2) is 107 Å². The summed E-state index contributed by atoms with van der Waals surface area (Å²) in [5.74, 6) is 0.560. The van der Waals surface area contributed by atoms with Crippen LogP contribution in [0.5, 0.6) is 0 Å². The highest BCUT2D eigenvalue weighted by Gasteiger charge is 2.33. The van der Waals surface area contributed by atoms with Gasteiger partial charge < -0.3 is 24.5 Å². The highest BCUT2D eigenvalue weighted by molar-refractivity contribution is 7.16. The number of amides is 2. The number of aryl methyl sites for hydroxylation is 1. The van der Waals surface area contributed by atoms with Crippen LogP contribution in [-0.2, 0) is 0 Å². The zero-order valence-electron chi connectivity index (χ0n) is 25.2. The molecule has 5 heterocycles. The van der Waals surface area contributed by atoms with Crippen LogP contribution in [0.3, 0.4) is 0 Å². The maximum absolute atomic E-state index is 13.6. The Morgan fingerprint density at radius 3 is 2.32 bits per heavy atom. The molecular formula is C31H35FN10OS. The van der Waals surface area contributed by atoms with Crippen LogP contribution in [0, 0.1) is 24.1 Å². The van der Waals surface area contributed by atoms with E-state index in [1.54, 1.807) is 12.1 Å². The van der Waals surface area contributed by atoms with Crippen LogP contribution < -0.4 is 9.80 Å². The minimum absolute atomic E-state index is 0.137. The number of hydrogen-bond acceptors (Lipinski definition) is 9. The summed E-state index contributed by atoms with van der Waals surface area (Å²) in [6.07, 6.45) is 2.10. The number of rotatable bonds is 5. The number of urea groups is 1. The fourth-order valence-corrected chi connectivity index (χ4v) is 6.93. The standard InChI is InChI=1S/C31H35FN10OS/c1-20-25(39-14-16-41(17-15-39)31(43)40-12-10-37(2)11-13-40)18-24-28(34-20)36-42(23-8-9-23)29(24)38(3)30-35-27(26(19-33)44-30)21-4-6-22(32)7-5-21/h4-7,18,23H,8-17H2,1-3H3. The number of nitriles is 1. The number of piperazine rings is 2. The molecule has 3 aliphatic rings. The summed E-state index contributed by atoms with van der Waals surface area (Å²) in [7, 11) is 4.04. The van der Waals surface area contributed by atoms with Crippen LogP contribution in [0.4, 0.5) is 25.8 Å². The lowest BCUT2D eigenvalue weighted by Gasteiger charge is -2.40. The average Bonchev–Trinajstić information content (AvgIpc) is 3.69. The molecule has 7 rings (SSSR count). The Labute approximate surface area is 259 Å². The van der Waals surface area contributed by atoms with Crippen LogP contribution >= 0.6 is 11.3 Å². The maximum Gasteiger partial charge on any atom is 0.320 e. The van der Waals surface area contributed by atoms with Crippen molar-refractivity contribution in [3.8, 4) is 17.3 Å². The van der Waals surface area contributed by atoms with Gasteiger partial charge in [0.2, 0.25) is 0 Å². The smallest absolute Gasteiger partial charge is 0.320 e. The van der Waals surface area contributed by atoms with Gasteiger partial charge in [-0.15, -0.1) is 0 Å². The van der Waals surface area contributed by atoms with Crippen molar-refractivity contribution >= 4 is 45.0 Å². The van der Waals surface area contributed by atoms with Gasteiger partial charge in [-0.2, -0.15) is 10.4 Å². The van der Waals surface area contributed by atoms with E-state index in [0.717, 1.165) is 74.7 Å². The van der Waals surface area contributed by atoms with Gasteiger partial charge in [0.15, 0.2) is 10.8 Å². The Morgan fingerprint density at radius 2 is 1.68 bits per heavy atom. The molecule has 13 heteroatoms. The number of anilines is 3. The first-order valence-corrected chi connectivity index (χ1v) is 15.9. The van der Waals surface area contributed by atoms with E-state index in [9.17, 15) is 14.4 Å². The van der Waals surface area contributed by atoms with E-state index in [1.165, 1.54) is 23.5 Å². The summed E-state index contributed by atoms with van der Waals surface area (Å²) >= 11 is 1.31. The quantitative estimate of drug-likeness (QED) is 0.325. The number of carbonyl (C=O) groups is 1. The van der Waals surface area contributed by atoms with Gasteiger partial charge >= 0.3 is 6.03 Å². The number of carbonyl (C=O) groups excluding carboxylic acids is 1. The summed E-state index contributed by atoms with van der Waals surface area (Å²) < 4.78 is 15.6. The molecule has 2 amide bonds. The summed E-state index contributed by atoms with van der Waals surface area (Å²) in [5, 5.41) is 16.4. The van der Waals surface area contributed by atoms with Crippen LogP contribution in [0.2, 0.25) is 0 Å². The van der Waals surface area contributed by atoms with Crippen molar-refractivity contribution in [1.29, 1.82) is 5.26 Å². The van der Waals surface area contributed by atoms with Gasteiger partial charge in [-0.1, -0.05) is 11.3 Å². The first-order chi connectivity index (χ1) is 21.3. The summed E-state index contributed by atoms with van der Waals surface area (Å²) in [5.41, 5.74) is 3.87. The summed E-state index contributed by atoms with van der Waals surface area (Å²) in [6.45, 7) is 8.18. The molecule has 44 heavy (non-hydrogen) atoms. The van der Waals surface area contributed by atoms with Gasteiger partial charge in [0.05, 0.1) is 22.8 Å². The number of pyridine rings is 1. The van der Waals surface area contributed by atoms with Gasteiger partial charge in [-0.3, -0.25) is 0 Å². The van der Waals surface area contributed by atoms with Crippen LogP contribution in [0.25, 0.3) is 22.3 Å². The monoisotopic (exact) mass is 614 g/mol. The van der Waals surface area contributed by atoms with E-state index < -0.39 is 0 Å². The van der Waals surface area contributed by atoms with E-state index >= 15 is 0 Å². The number of benzene rings is 1. The Hall–Kier alpha value is -4.28. The molecule has 1 aromatic carbocycles. The predicted octanol–water partition coefficient (Wildman–Crippen LogP) is 4.47. The molecule has 1 aliphatic carbocycles. The fourth-order valence-electron chi connectivity index (χ4n) is 6.08. The molecule has 0 atom stereocenters. The third-order valence-electron chi connectivity index (χ3n) is 8.82. The second-order valence-electron chi connectivity index (χ2n) is 11.9. The Bertz CT molecular complexity index is 1740. The van der Waals surface area contributed by atoms with Gasteiger partial charge in [0, 0.05) is 65.0 Å². The lowest BCUT2D eigenvalue weighted by molar-refractivity contribution is 0.120. The lowest BCUT2D eigenvalue weighted by atomic mass is 10.1. The molecule has 4 aromatic rings. The van der Waals surface area contributed by atoms with Gasteiger partial charge in [0.1, 0.15) is 28.3 Å². The van der Waals surface area contributed by atoms with E-state index in [1.807, 2.05) is 28.7 Å². The van der Waals surface area contributed by atoms with Crippen molar-refractivity contribution in [2.24, 2.45) is 0 Å². The largest absolute Gasteiger partial charge is 0.366 e. The first kappa shape index (κ1) is 28.5. The van der Waals surface area contributed by atoms with E-state index in [2.05, 4.69) is 33.7 Å². The minimum atomic E-state index is -0.332. The molecule has 3 aromatic heterocycles. The number of likely N-dealkylation sites (N-methyl/N-ethyl adjacent to an activating group) is 1. The van der Waals surface area contributed by atoms with Crippen molar-refractivity contribution in [3.63, 3.8) is 0 Å². The zero-order chi connectivity index (χ0) is 30.5. The molecule has 0 N–H and O–H groups in total. The van der Waals surface area contributed by atoms with E-state index in [0.29, 0.717) is 46.0 Å². The van der Waals surface area contributed by atoms with Crippen molar-refractivity contribution in [1.82, 2.24) is 34.4 Å². The van der Waals surface area contributed by atoms with Crippen molar-refractivity contribution in [3.05, 3.63) is 46.7 Å². The SMILES string of the molecule is Cc1nc2nn(C3CC3)c(N(C)c3nc(-c4ccc(F)cc4)c(C#N)s3)c2cc1N1CCN(C(=O)N2CCN(C)CC2)CC1. The Balaban J connectivity index is 1.18. The van der Waals surface area contributed by atoms with Gasteiger partial charge in [-0.25, -0.2) is 23.8 Å². The predicted molar refractivity (Wildman–Crippen MR) is 169 cm³/mol. The van der Waals surface area contributed by atoms with Crippen LogP contribution in [0.1, 0.15) is 29.5 Å². The fraction of sp³-hybridized carbons (Fsp3) is 0.452. The van der Waals surface area contributed by atoms with E-state index in [-0.39, 0.29) is 11.8 Å². The third kappa shape index (κ3) is 5.22. The number of nitrogens with zero attached hydrogens (tertiary/aromatic N) is 10. The molecule has 0 radical (unpaired) electrons. The lowest BCUT2D eigenvalue weighted by Crippen LogP contribution is -2.56. The topological polar surface area (TPSA) is 101 Å². The van der Waals surface area contributed by atoms with Crippen LogP contribution in [0.15, 0.2) is 30.3 Å². The summed E-state index contributed by atoms with van der Waals surface area (Å²) in [4.78, 5) is 34.0. The molecule has 0 bridgehead atoms. The maximum atomic E-state index is 13.6. The molecule has 2 aliphatic heterocycles.